The summed E-state index contributed by atoms with van der Waals surface area (Å²) in [4.78, 5) is 3.80. The minimum atomic E-state index is 0.0133. The summed E-state index contributed by atoms with van der Waals surface area (Å²) in [5.74, 6) is 0.177. The summed E-state index contributed by atoms with van der Waals surface area (Å²) in [5, 5.41) is 8.46. The van der Waals surface area contributed by atoms with Gasteiger partial charge in [0.15, 0.2) is 5.82 Å². The van der Waals surface area contributed by atoms with Gasteiger partial charge in [0.25, 0.3) is 0 Å². The highest BCUT2D eigenvalue weighted by atomic mass is 35.5. The Morgan fingerprint density at radius 3 is 2.50 bits per heavy atom. The highest BCUT2D eigenvalue weighted by molar-refractivity contribution is 6.35. The Balaban J connectivity index is 2.62. The van der Waals surface area contributed by atoms with Crippen molar-refractivity contribution in [2.45, 2.75) is 0 Å². The standard InChI is InChI=1S/C9H7Cl2N5/c10-4-1-2-6(11)5(3-4)7-8(12)14-9(13)16-15-7/h1-3H,(H4,12,13,14,16). The van der Waals surface area contributed by atoms with Crippen LogP contribution in [0, 0.1) is 0 Å². The molecule has 7 heteroatoms. The van der Waals surface area contributed by atoms with Gasteiger partial charge in [-0.05, 0) is 18.2 Å². The average Bonchev–Trinajstić information content (AvgIpc) is 2.22. The zero-order valence-electron chi connectivity index (χ0n) is 7.98. The number of aromatic nitrogens is 3. The summed E-state index contributed by atoms with van der Waals surface area (Å²) in [5.41, 5.74) is 12.0. The second-order valence-corrected chi connectivity index (χ2v) is 3.87. The Hall–Kier alpha value is -1.59. The molecule has 0 aliphatic carbocycles. The lowest BCUT2D eigenvalue weighted by Crippen LogP contribution is -2.04. The van der Waals surface area contributed by atoms with Crippen LogP contribution in [0.1, 0.15) is 0 Å². The van der Waals surface area contributed by atoms with Crippen LogP contribution in [0.3, 0.4) is 0 Å². The lowest BCUT2D eigenvalue weighted by atomic mass is 10.1. The molecule has 16 heavy (non-hydrogen) atoms. The number of rotatable bonds is 1. The highest BCUT2D eigenvalue weighted by Gasteiger charge is 2.11. The molecule has 82 valence electrons. The lowest BCUT2D eigenvalue weighted by molar-refractivity contribution is 1.000. The Labute approximate surface area is 101 Å². The Kier molecular flexibility index (Phi) is 2.80. The predicted molar refractivity (Wildman–Crippen MR) is 64.1 cm³/mol. The fourth-order valence-corrected chi connectivity index (χ4v) is 1.60. The third kappa shape index (κ3) is 2.00. The van der Waals surface area contributed by atoms with E-state index < -0.39 is 0 Å². The summed E-state index contributed by atoms with van der Waals surface area (Å²) in [7, 11) is 0. The number of halogens is 2. The van der Waals surface area contributed by atoms with Gasteiger partial charge in [0.2, 0.25) is 5.95 Å². The van der Waals surface area contributed by atoms with Crippen LogP contribution < -0.4 is 11.5 Å². The summed E-state index contributed by atoms with van der Waals surface area (Å²) in [6, 6.07) is 4.96. The molecule has 4 N–H and O–H groups in total. The van der Waals surface area contributed by atoms with Crippen molar-refractivity contribution >= 4 is 35.0 Å². The smallest absolute Gasteiger partial charge is 0.242 e. The van der Waals surface area contributed by atoms with Gasteiger partial charge in [-0.2, -0.15) is 4.98 Å². The van der Waals surface area contributed by atoms with Gasteiger partial charge in [-0.25, -0.2) is 0 Å². The van der Waals surface area contributed by atoms with Crippen LogP contribution in [-0.2, 0) is 0 Å². The van der Waals surface area contributed by atoms with Crippen molar-refractivity contribution in [1.29, 1.82) is 0 Å². The van der Waals surface area contributed by atoms with Crippen molar-refractivity contribution < 1.29 is 0 Å². The molecule has 0 radical (unpaired) electrons. The summed E-state index contributed by atoms with van der Waals surface area (Å²) < 4.78 is 0. The van der Waals surface area contributed by atoms with Crippen molar-refractivity contribution in [2.24, 2.45) is 0 Å². The van der Waals surface area contributed by atoms with E-state index in [1.807, 2.05) is 0 Å². The van der Waals surface area contributed by atoms with Crippen LogP contribution >= 0.6 is 23.2 Å². The van der Waals surface area contributed by atoms with Gasteiger partial charge in [-0.1, -0.05) is 23.2 Å². The first kappa shape index (κ1) is 10.9. The fraction of sp³-hybridized carbons (Fsp3) is 0. The maximum absolute atomic E-state index is 6.00. The second kappa shape index (κ2) is 4.11. The Bertz CT molecular complexity index is 543. The molecule has 0 amide bonds. The van der Waals surface area contributed by atoms with Crippen LogP contribution in [0.2, 0.25) is 10.0 Å². The first-order valence-corrected chi connectivity index (χ1v) is 5.04. The van der Waals surface area contributed by atoms with Crippen molar-refractivity contribution in [2.75, 3.05) is 11.5 Å². The fourth-order valence-electron chi connectivity index (χ4n) is 1.22. The molecule has 1 heterocycles. The predicted octanol–water partition coefficient (Wildman–Crippen LogP) is 2.01. The first-order chi connectivity index (χ1) is 7.58. The Morgan fingerprint density at radius 1 is 1.06 bits per heavy atom. The topological polar surface area (TPSA) is 90.7 Å². The van der Waals surface area contributed by atoms with E-state index in [4.69, 9.17) is 34.7 Å². The molecule has 0 saturated carbocycles. The van der Waals surface area contributed by atoms with E-state index in [9.17, 15) is 0 Å². The summed E-state index contributed by atoms with van der Waals surface area (Å²) >= 11 is 11.9. The number of benzene rings is 1. The van der Waals surface area contributed by atoms with Crippen LogP contribution in [0.15, 0.2) is 18.2 Å². The van der Waals surface area contributed by atoms with Gasteiger partial charge in [0.1, 0.15) is 5.69 Å². The van der Waals surface area contributed by atoms with Gasteiger partial charge in [0, 0.05) is 10.6 Å². The molecule has 2 rings (SSSR count). The molecule has 1 aromatic carbocycles. The van der Waals surface area contributed by atoms with E-state index >= 15 is 0 Å². The minimum Gasteiger partial charge on any atom is -0.382 e. The second-order valence-electron chi connectivity index (χ2n) is 3.03. The molecular weight excluding hydrogens is 249 g/mol. The summed E-state index contributed by atoms with van der Waals surface area (Å²) in [6.07, 6.45) is 0. The van der Waals surface area contributed by atoms with Crippen molar-refractivity contribution in [3.05, 3.63) is 28.2 Å². The van der Waals surface area contributed by atoms with Crippen molar-refractivity contribution in [1.82, 2.24) is 15.2 Å². The van der Waals surface area contributed by atoms with E-state index in [0.717, 1.165) is 0 Å². The van der Waals surface area contributed by atoms with Gasteiger partial charge in [-0.3, -0.25) is 0 Å². The minimum absolute atomic E-state index is 0.0133. The molecule has 0 atom stereocenters. The van der Waals surface area contributed by atoms with E-state index in [2.05, 4.69) is 15.2 Å². The molecule has 0 aliphatic rings. The largest absolute Gasteiger partial charge is 0.382 e. The zero-order valence-corrected chi connectivity index (χ0v) is 9.50. The van der Waals surface area contributed by atoms with E-state index in [0.29, 0.717) is 21.3 Å². The molecule has 1 aromatic heterocycles. The quantitative estimate of drug-likeness (QED) is 0.814. The Morgan fingerprint density at radius 2 is 1.81 bits per heavy atom. The van der Waals surface area contributed by atoms with Crippen molar-refractivity contribution in [3.63, 3.8) is 0 Å². The molecule has 5 nitrogen and oxygen atoms in total. The van der Waals surface area contributed by atoms with E-state index in [-0.39, 0.29) is 11.8 Å². The maximum Gasteiger partial charge on any atom is 0.242 e. The van der Waals surface area contributed by atoms with Crippen LogP contribution in [0.5, 0.6) is 0 Å². The SMILES string of the molecule is Nc1nnc(-c2cc(Cl)ccc2Cl)c(N)n1. The number of nitrogens with two attached hydrogens (primary N) is 2. The third-order valence-electron chi connectivity index (χ3n) is 1.91. The third-order valence-corrected chi connectivity index (χ3v) is 2.48. The number of nitrogen functional groups attached to an aromatic ring is 2. The molecular formula is C9H7Cl2N5. The number of nitrogens with zero attached hydrogens (tertiary/aromatic N) is 3. The van der Waals surface area contributed by atoms with E-state index in [1.54, 1.807) is 18.2 Å². The van der Waals surface area contributed by atoms with Gasteiger partial charge in [-0.15, -0.1) is 10.2 Å². The van der Waals surface area contributed by atoms with Crippen molar-refractivity contribution in [3.8, 4) is 11.3 Å². The number of hydrogen-bond donors (Lipinski definition) is 2. The van der Waals surface area contributed by atoms with Gasteiger partial charge in [0.05, 0.1) is 5.02 Å². The molecule has 0 saturated heterocycles. The summed E-state index contributed by atoms with van der Waals surface area (Å²) in [6.45, 7) is 0. The molecule has 2 aromatic rings. The van der Waals surface area contributed by atoms with Gasteiger partial charge < -0.3 is 11.5 Å². The molecule has 0 aliphatic heterocycles. The maximum atomic E-state index is 6.00. The number of hydrogen-bond acceptors (Lipinski definition) is 5. The number of anilines is 2. The molecule has 0 bridgehead atoms. The zero-order chi connectivity index (χ0) is 11.7. The van der Waals surface area contributed by atoms with Crippen LogP contribution in [-0.4, -0.2) is 15.2 Å². The molecule has 0 fully saturated rings. The van der Waals surface area contributed by atoms with E-state index in [1.165, 1.54) is 0 Å². The van der Waals surface area contributed by atoms with Gasteiger partial charge >= 0.3 is 0 Å². The average molecular weight is 256 g/mol. The van der Waals surface area contributed by atoms with Crippen LogP contribution in [0.25, 0.3) is 11.3 Å². The first-order valence-electron chi connectivity index (χ1n) is 4.29. The molecule has 0 spiro atoms. The molecule has 0 unspecified atom stereocenters. The normalized spacial score (nSPS) is 10.4. The lowest BCUT2D eigenvalue weighted by Gasteiger charge is -2.05. The monoisotopic (exact) mass is 255 g/mol. The highest BCUT2D eigenvalue weighted by Crippen LogP contribution is 2.31. The van der Waals surface area contributed by atoms with Crippen LogP contribution in [0.4, 0.5) is 11.8 Å².